The maximum Gasteiger partial charge on any atom is 0.281 e. The zero-order valence-electron chi connectivity index (χ0n) is 18.3. The maximum absolute atomic E-state index is 9.18. The molecule has 2 N–H and O–H groups in total. The molecule has 4 heteroatoms. The Morgan fingerprint density at radius 3 is 1.93 bits per heavy atom. The van der Waals surface area contributed by atoms with E-state index in [9.17, 15) is 10.2 Å². The topological polar surface area (TPSA) is 49.3 Å². The van der Waals surface area contributed by atoms with Gasteiger partial charge in [-0.1, -0.05) is 90.0 Å². The molecule has 0 bridgehead atoms. The van der Waals surface area contributed by atoms with Gasteiger partial charge in [-0.25, -0.2) is 9.13 Å². The van der Waals surface area contributed by atoms with Gasteiger partial charge in [-0.3, -0.25) is 0 Å². The Labute approximate surface area is 173 Å². The molecule has 0 spiro atoms. The van der Waals surface area contributed by atoms with Crippen LogP contribution in [-0.2, 0) is 13.1 Å². The van der Waals surface area contributed by atoms with Crippen molar-refractivity contribution in [1.82, 2.24) is 4.57 Å². The second kappa shape index (κ2) is 17.9. The lowest BCUT2D eigenvalue weighted by Gasteiger charge is -2.02. The Bertz CT molecular complexity index is 473. The number of allylic oxidation sites excluding steroid dienone is 1. The number of aliphatic hydroxyl groups is 2. The minimum absolute atomic E-state index is 0.132. The highest BCUT2D eigenvalue weighted by Gasteiger charge is 2.12. The molecular formula is C24H45N2O2+. The molecule has 1 heterocycles. The van der Waals surface area contributed by atoms with Crippen molar-refractivity contribution < 1.29 is 14.8 Å². The molecule has 0 aliphatic heterocycles. The molecule has 0 saturated heterocycles. The SMILES string of the molecule is CCCCCCCCCCCCCCCC=Cc1n(CCO)cc[n+]1CCO. The zero-order chi connectivity index (χ0) is 20.3. The molecule has 1 rings (SSSR count). The maximum atomic E-state index is 9.18. The van der Waals surface area contributed by atoms with Crippen molar-refractivity contribution in [2.45, 2.75) is 110 Å². The van der Waals surface area contributed by atoms with Crippen molar-refractivity contribution in [2.24, 2.45) is 0 Å². The number of aromatic nitrogens is 2. The van der Waals surface area contributed by atoms with Gasteiger partial charge >= 0.3 is 0 Å². The van der Waals surface area contributed by atoms with E-state index in [0.29, 0.717) is 13.1 Å². The first-order valence-electron chi connectivity index (χ1n) is 11.8. The molecular weight excluding hydrogens is 348 g/mol. The molecule has 0 unspecified atom stereocenters. The summed E-state index contributed by atoms with van der Waals surface area (Å²) in [6.45, 7) is 3.73. The van der Waals surface area contributed by atoms with E-state index in [0.717, 1.165) is 12.2 Å². The highest BCUT2D eigenvalue weighted by atomic mass is 16.3. The highest BCUT2D eigenvalue weighted by molar-refractivity contribution is 5.37. The number of hydrogen-bond donors (Lipinski definition) is 2. The van der Waals surface area contributed by atoms with E-state index in [-0.39, 0.29) is 13.2 Å². The van der Waals surface area contributed by atoms with Crippen LogP contribution in [0.3, 0.4) is 0 Å². The van der Waals surface area contributed by atoms with Crippen LogP contribution in [0.2, 0.25) is 0 Å². The lowest BCUT2D eigenvalue weighted by Crippen LogP contribution is -2.37. The van der Waals surface area contributed by atoms with Crippen molar-refractivity contribution in [1.29, 1.82) is 0 Å². The van der Waals surface area contributed by atoms with Crippen LogP contribution in [0.5, 0.6) is 0 Å². The smallest absolute Gasteiger partial charge is 0.281 e. The summed E-state index contributed by atoms with van der Waals surface area (Å²) in [5.74, 6) is 1.05. The third-order valence-electron chi connectivity index (χ3n) is 5.44. The van der Waals surface area contributed by atoms with Gasteiger partial charge in [-0.15, -0.1) is 0 Å². The Kier molecular flexibility index (Phi) is 16.0. The monoisotopic (exact) mass is 393 g/mol. The van der Waals surface area contributed by atoms with E-state index < -0.39 is 0 Å². The van der Waals surface area contributed by atoms with Crippen LogP contribution >= 0.6 is 0 Å². The molecule has 0 aromatic carbocycles. The van der Waals surface area contributed by atoms with Crippen LogP contribution in [0, 0.1) is 0 Å². The van der Waals surface area contributed by atoms with Crippen LogP contribution in [0.1, 0.15) is 103 Å². The van der Waals surface area contributed by atoms with Crippen molar-refractivity contribution in [2.75, 3.05) is 13.2 Å². The Hall–Kier alpha value is -1.13. The van der Waals surface area contributed by atoms with Gasteiger partial charge in [0.15, 0.2) is 0 Å². The van der Waals surface area contributed by atoms with Gasteiger partial charge in [0.1, 0.15) is 25.5 Å². The number of hydrogen-bond acceptors (Lipinski definition) is 2. The molecule has 0 aliphatic carbocycles. The van der Waals surface area contributed by atoms with Crippen LogP contribution < -0.4 is 4.57 Å². The van der Waals surface area contributed by atoms with Crippen molar-refractivity contribution in [3.8, 4) is 0 Å². The standard InChI is InChI=1S/C24H45N2O2/c1-2-3-4-5-6-7-8-9-10-11-12-13-14-15-16-17-24-25(20-22-27)18-19-26(24)21-23-28/h16-19,27-28H,2-15,20-23H2,1H3/q+1. The van der Waals surface area contributed by atoms with Crippen LogP contribution in [0.4, 0.5) is 0 Å². The average Bonchev–Trinajstić information content (AvgIpc) is 3.07. The lowest BCUT2D eigenvalue weighted by molar-refractivity contribution is -0.699. The number of unbranched alkanes of at least 4 members (excludes halogenated alkanes) is 13. The first kappa shape index (κ1) is 24.9. The summed E-state index contributed by atoms with van der Waals surface area (Å²) < 4.78 is 4.08. The van der Waals surface area contributed by atoms with Gasteiger partial charge in [0.05, 0.1) is 13.2 Å². The van der Waals surface area contributed by atoms with E-state index in [1.165, 1.54) is 83.5 Å². The molecule has 0 atom stereocenters. The molecule has 0 radical (unpaired) electrons. The molecule has 1 aromatic heterocycles. The van der Waals surface area contributed by atoms with E-state index in [4.69, 9.17) is 0 Å². The summed E-state index contributed by atoms with van der Waals surface area (Å²) in [7, 11) is 0. The van der Waals surface area contributed by atoms with Crippen molar-refractivity contribution in [3.63, 3.8) is 0 Å². The van der Waals surface area contributed by atoms with Gasteiger partial charge in [0.2, 0.25) is 0 Å². The van der Waals surface area contributed by atoms with Gasteiger partial charge in [0.25, 0.3) is 5.82 Å². The van der Waals surface area contributed by atoms with Gasteiger partial charge in [-0.2, -0.15) is 0 Å². The molecule has 162 valence electrons. The predicted octanol–water partition coefficient (Wildman–Crippen LogP) is 5.25. The number of aliphatic hydroxyl groups excluding tert-OH is 2. The Morgan fingerprint density at radius 1 is 0.821 bits per heavy atom. The molecule has 0 fully saturated rings. The minimum Gasteiger partial charge on any atom is -0.392 e. The number of imidazole rings is 1. The van der Waals surface area contributed by atoms with Gasteiger partial charge in [-0.05, 0) is 12.8 Å². The van der Waals surface area contributed by atoms with Gasteiger partial charge < -0.3 is 10.2 Å². The van der Waals surface area contributed by atoms with E-state index in [1.54, 1.807) is 0 Å². The summed E-state index contributed by atoms with van der Waals surface area (Å²) in [6.07, 6.45) is 27.4. The zero-order valence-corrected chi connectivity index (χ0v) is 18.3. The summed E-state index contributed by atoms with van der Waals surface area (Å²) in [4.78, 5) is 0. The average molecular weight is 394 g/mol. The quantitative estimate of drug-likeness (QED) is 0.249. The lowest BCUT2D eigenvalue weighted by atomic mass is 10.0. The molecule has 28 heavy (non-hydrogen) atoms. The van der Waals surface area contributed by atoms with E-state index >= 15 is 0 Å². The highest BCUT2D eigenvalue weighted by Crippen LogP contribution is 2.13. The Balaban J connectivity index is 2.03. The summed E-state index contributed by atoms with van der Waals surface area (Å²) in [5, 5.41) is 18.4. The van der Waals surface area contributed by atoms with Crippen LogP contribution in [-0.4, -0.2) is 28.0 Å². The van der Waals surface area contributed by atoms with Crippen LogP contribution in [0.25, 0.3) is 6.08 Å². The largest absolute Gasteiger partial charge is 0.392 e. The minimum atomic E-state index is 0.132. The first-order valence-corrected chi connectivity index (χ1v) is 11.8. The third kappa shape index (κ3) is 11.7. The fraction of sp³-hybridized carbons (Fsp3) is 0.792. The molecule has 4 nitrogen and oxygen atoms in total. The van der Waals surface area contributed by atoms with Crippen molar-refractivity contribution in [3.05, 3.63) is 24.3 Å². The first-order chi connectivity index (χ1) is 13.8. The molecule has 0 aliphatic rings. The third-order valence-corrected chi connectivity index (χ3v) is 5.44. The number of rotatable bonds is 19. The number of nitrogens with zero attached hydrogens (tertiary/aromatic N) is 2. The molecule has 0 amide bonds. The second-order valence-electron chi connectivity index (χ2n) is 7.92. The summed E-state index contributed by atoms with van der Waals surface area (Å²) in [5.41, 5.74) is 0. The summed E-state index contributed by atoms with van der Waals surface area (Å²) >= 11 is 0. The predicted molar refractivity (Wildman–Crippen MR) is 118 cm³/mol. The molecule has 0 saturated carbocycles. The van der Waals surface area contributed by atoms with E-state index in [2.05, 4.69) is 19.1 Å². The second-order valence-corrected chi connectivity index (χ2v) is 7.92. The van der Waals surface area contributed by atoms with Gasteiger partial charge in [0, 0.05) is 6.08 Å². The summed E-state index contributed by atoms with van der Waals surface area (Å²) in [6, 6.07) is 0. The van der Waals surface area contributed by atoms with Crippen LogP contribution in [0.15, 0.2) is 18.5 Å². The van der Waals surface area contributed by atoms with E-state index in [1.807, 2.05) is 21.5 Å². The molecule has 1 aromatic rings. The fourth-order valence-corrected chi connectivity index (χ4v) is 3.73. The fourth-order valence-electron chi connectivity index (χ4n) is 3.73. The normalized spacial score (nSPS) is 11.7. The Morgan fingerprint density at radius 2 is 1.39 bits per heavy atom. The van der Waals surface area contributed by atoms with Crippen molar-refractivity contribution >= 4 is 6.08 Å².